The molecule has 0 unspecified atom stereocenters. The first-order valence-electron chi connectivity index (χ1n) is 4.10. The van der Waals surface area contributed by atoms with Gasteiger partial charge >= 0.3 is 0 Å². The van der Waals surface area contributed by atoms with E-state index in [4.69, 9.17) is 5.73 Å². The fraction of sp³-hybridized carbons (Fsp3) is 0.100. The Kier molecular flexibility index (Phi) is 2.15. The summed E-state index contributed by atoms with van der Waals surface area (Å²) in [6, 6.07) is 4.96. The van der Waals surface area contributed by atoms with Gasteiger partial charge in [-0.25, -0.2) is 9.37 Å². The molecule has 0 saturated carbocycles. The van der Waals surface area contributed by atoms with Crippen molar-refractivity contribution < 1.29 is 4.39 Å². The van der Waals surface area contributed by atoms with E-state index < -0.39 is 0 Å². The van der Waals surface area contributed by atoms with Gasteiger partial charge in [0.15, 0.2) is 0 Å². The summed E-state index contributed by atoms with van der Waals surface area (Å²) in [6.45, 7) is 1.87. The topological polar surface area (TPSA) is 38.9 Å². The van der Waals surface area contributed by atoms with Crippen LogP contribution >= 0.6 is 15.9 Å². The molecule has 0 radical (unpaired) electrons. The molecule has 0 aliphatic carbocycles. The number of aryl methyl sites for hydroxylation is 1. The number of pyridine rings is 1. The molecule has 0 aliphatic heterocycles. The van der Waals surface area contributed by atoms with Crippen molar-refractivity contribution >= 4 is 32.7 Å². The molecular weight excluding hydrogens is 247 g/mol. The van der Waals surface area contributed by atoms with Crippen molar-refractivity contribution in [1.29, 1.82) is 0 Å². The van der Waals surface area contributed by atoms with Crippen LogP contribution in [0.3, 0.4) is 0 Å². The van der Waals surface area contributed by atoms with E-state index >= 15 is 0 Å². The molecule has 72 valence electrons. The van der Waals surface area contributed by atoms with Crippen LogP contribution in [0.4, 0.5) is 10.2 Å². The average molecular weight is 255 g/mol. The van der Waals surface area contributed by atoms with Crippen LogP contribution in [-0.4, -0.2) is 4.98 Å². The van der Waals surface area contributed by atoms with E-state index in [1.54, 1.807) is 6.07 Å². The minimum atomic E-state index is -0.326. The van der Waals surface area contributed by atoms with Crippen molar-refractivity contribution in [3.8, 4) is 0 Å². The summed E-state index contributed by atoms with van der Waals surface area (Å²) in [5.74, 6) is 0.118. The van der Waals surface area contributed by atoms with Gasteiger partial charge in [0.2, 0.25) is 0 Å². The highest BCUT2D eigenvalue weighted by Crippen LogP contribution is 2.24. The molecule has 2 nitrogen and oxygen atoms in total. The van der Waals surface area contributed by atoms with Crippen LogP contribution in [0.1, 0.15) is 5.56 Å². The van der Waals surface area contributed by atoms with E-state index in [9.17, 15) is 4.39 Å². The number of fused-ring (bicyclic) bond motifs is 1. The Morgan fingerprint density at radius 2 is 2.07 bits per heavy atom. The van der Waals surface area contributed by atoms with Crippen molar-refractivity contribution in [1.82, 2.24) is 4.98 Å². The maximum absolute atomic E-state index is 13.2. The minimum Gasteiger partial charge on any atom is -0.383 e. The van der Waals surface area contributed by atoms with E-state index in [1.807, 2.05) is 13.0 Å². The summed E-state index contributed by atoms with van der Waals surface area (Å²) >= 11 is 3.13. The number of nitrogen functional groups attached to an aromatic ring is 1. The predicted octanol–water partition coefficient (Wildman–Crippen LogP) is 3.03. The first kappa shape index (κ1) is 9.40. The lowest BCUT2D eigenvalue weighted by molar-refractivity contribution is 0.623. The molecular formula is C10H8BrFN2. The van der Waals surface area contributed by atoms with Gasteiger partial charge in [-0.15, -0.1) is 0 Å². The summed E-state index contributed by atoms with van der Waals surface area (Å²) in [5, 5.41) is 0.880. The van der Waals surface area contributed by atoms with Gasteiger partial charge < -0.3 is 5.73 Å². The number of benzene rings is 1. The SMILES string of the molecule is Cc1cc2cc(Br)c(F)cc2nc1N. The van der Waals surface area contributed by atoms with Crippen LogP contribution in [0.2, 0.25) is 0 Å². The summed E-state index contributed by atoms with van der Waals surface area (Å²) in [7, 11) is 0. The second kappa shape index (κ2) is 3.20. The third-order valence-electron chi connectivity index (χ3n) is 2.09. The molecule has 0 fully saturated rings. The maximum atomic E-state index is 13.2. The molecule has 1 heterocycles. The van der Waals surface area contributed by atoms with E-state index in [-0.39, 0.29) is 5.82 Å². The van der Waals surface area contributed by atoms with Gasteiger partial charge in [-0.2, -0.15) is 0 Å². The molecule has 1 aromatic heterocycles. The van der Waals surface area contributed by atoms with Crippen LogP contribution < -0.4 is 5.73 Å². The molecule has 14 heavy (non-hydrogen) atoms. The zero-order valence-corrected chi connectivity index (χ0v) is 9.10. The summed E-state index contributed by atoms with van der Waals surface area (Å²) in [6.07, 6.45) is 0. The van der Waals surface area contributed by atoms with E-state index in [1.165, 1.54) is 6.07 Å². The fourth-order valence-corrected chi connectivity index (χ4v) is 1.65. The molecule has 0 aliphatic rings. The van der Waals surface area contributed by atoms with E-state index in [0.717, 1.165) is 10.9 Å². The Morgan fingerprint density at radius 1 is 1.36 bits per heavy atom. The van der Waals surface area contributed by atoms with Gasteiger partial charge in [0, 0.05) is 11.5 Å². The van der Waals surface area contributed by atoms with Gasteiger partial charge in [-0.1, -0.05) is 0 Å². The number of rotatable bonds is 0. The predicted molar refractivity (Wildman–Crippen MR) is 58.6 cm³/mol. The monoisotopic (exact) mass is 254 g/mol. The van der Waals surface area contributed by atoms with Crippen LogP contribution in [0.5, 0.6) is 0 Å². The maximum Gasteiger partial charge on any atom is 0.139 e. The van der Waals surface area contributed by atoms with E-state index in [2.05, 4.69) is 20.9 Å². The lowest BCUT2D eigenvalue weighted by Gasteiger charge is -2.03. The molecule has 2 N–H and O–H groups in total. The van der Waals surface area contributed by atoms with Gasteiger partial charge in [-0.05, 0) is 40.5 Å². The number of nitrogens with zero attached hydrogens (tertiary/aromatic N) is 1. The van der Waals surface area contributed by atoms with Crippen molar-refractivity contribution in [2.75, 3.05) is 5.73 Å². The zero-order chi connectivity index (χ0) is 10.3. The number of hydrogen-bond donors (Lipinski definition) is 1. The van der Waals surface area contributed by atoms with Crippen molar-refractivity contribution in [3.05, 3.63) is 34.1 Å². The summed E-state index contributed by atoms with van der Waals surface area (Å²) in [4.78, 5) is 4.09. The minimum absolute atomic E-state index is 0.326. The van der Waals surface area contributed by atoms with Crippen molar-refractivity contribution in [2.45, 2.75) is 6.92 Å². The van der Waals surface area contributed by atoms with Crippen LogP contribution in [-0.2, 0) is 0 Å². The Morgan fingerprint density at radius 3 is 2.79 bits per heavy atom. The van der Waals surface area contributed by atoms with Gasteiger partial charge in [-0.3, -0.25) is 0 Å². The lowest BCUT2D eigenvalue weighted by atomic mass is 10.1. The smallest absolute Gasteiger partial charge is 0.139 e. The van der Waals surface area contributed by atoms with Crippen LogP contribution in [0, 0.1) is 12.7 Å². The normalized spacial score (nSPS) is 10.8. The molecule has 1 aromatic carbocycles. The fourth-order valence-electron chi connectivity index (χ4n) is 1.29. The largest absolute Gasteiger partial charge is 0.383 e. The number of hydrogen-bond acceptors (Lipinski definition) is 2. The Hall–Kier alpha value is -1.16. The zero-order valence-electron chi connectivity index (χ0n) is 7.51. The Labute approximate surface area is 89.1 Å². The molecule has 0 atom stereocenters. The Balaban J connectivity index is 2.83. The second-order valence-corrected chi connectivity index (χ2v) is 4.00. The van der Waals surface area contributed by atoms with Gasteiger partial charge in [0.05, 0.1) is 9.99 Å². The molecule has 2 aromatic rings. The molecule has 4 heteroatoms. The quantitative estimate of drug-likeness (QED) is 0.785. The van der Waals surface area contributed by atoms with Crippen LogP contribution in [0.25, 0.3) is 10.9 Å². The standard InChI is InChI=1S/C10H8BrFN2/c1-5-2-6-3-7(11)8(12)4-9(6)14-10(5)13/h2-4H,1H3,(H2,13,14). The summed E-state index contributed by atoms with van der Waals surface area (Å²) < 4.78 is 13.6. The molecule has 0 amide bonds. The molecule has 0 bridgehead atoms. The average Bonchev–Trinajstić information content (AvgIpc) is 2.11. The number of nitrogens with two attached hydrogens (primary N) is 1. The van der Waals surface area contributed by atoms with Crippen molar-refractivity contribution in [3.63, 3.8) is 0 Å². The third-order valence-corrected chi connectivity index (χ3v) is 2.69. The highest BCUT2D eigenvalue weighted by molar-refractivity contribution is 9.10. The number of anilines is 1. The lowest BCUT2D eigenvalue weighted by Crippen LogP contribution is -1.94. The molecule has 0 spiro atoms. The highest BCUT2D eigenvalue weighted by Gasteiger charge is 2.05. The Bertz CT molecular complexity index is 422. The van der Waals surface area contributed by atoms with Gasteiger partial charge in [0.25, 0.3) is 0 Å². The highest BCUT2D eigenvalue weighted by atomic mass is 79.9. The number of aromatic nitrogens is 1. The first-order valence-corrected chi connectivity index (χ1v) is 4.89. The summed E-state index contributed by atoms with van der Waals surface area (Å²) in [5.41, 5.74) is 7.11. The van der Waals surface area contributed by atoms with Gasteiger partial charge in [0.1, 0.15) is 11.6 Å². The van der Waals surface area contributed by atoms with Crippen molar-refractivity contribution in [2.24, 2.45) is 0 Å². The van der Waals surface area contributed by atoms with Crippen LogP contribution in [0.15, 0.2) is 22.7 Å². The molecule has 0 saturated heterocycles. The third kappa shape index (κ3) is 1.46. The first-order chi connectivity index (χ1) is 6.58. The molecule has 2 rings (SSSR count). The number of halogens is 2. The second-order valence-electron chi connectivity index (χ2n) is 3.15. The van der Waals surface area contributed by atoms with E-state index in [0.29, 0.717) is 15.8 Å².